The van der Waals surface area contributed by atoms with Gasteiger partial charge in [0.1, 0.15) is 12.8 Å². The number of carboxylic acids is 1. The van der Waals surface area contributed by atoms with Crippen molar-refractivity contribution in [2.75, 3.05) is 13.1 Å². The quantitative estimate of drug-likeness (QED) is 0.380. The molecule has 0 spiro atoms. The molecule has 8 nitrogen and oxygen atoms in total. The number of carbonyl (C=O) groups is 2. The van der Waals surface area contributed by atoms with E-state index in [4.69, 9.17) is 13.8 Å². The SMILES string of the molecule is CC1(C)CCC[C@]2(C)[C@H]3CC/C(=C/OS(=O)(=O)O)[C@H](CCC4=CC(=O)N(CC(=O)O)C4)[C@@H]3CC[C@@H]12. The highest BCUT2D eigenvalue weighted by Gasteiger charge is 2.56. The van der Waals surface area contributed by atoms with Gasteiger partial charge in [-0.25, -0.2) is 0 Å². The van der Waals surface area contributed by atoms with Crippen molar-refractivity contribution in [1.82, 2.24) is 4.90 Å². The summed E-state index contributed by atoms with van der Waals surface area (Å²) in [4.78, 5) is 24.6. The maximum absolute atomic E-state index is 12.2. The number of fused-ring (bicyclic) bond motifs is 3. The molecule has 35 heavy (non-hydrogen) atoms. The van der Waals surface area contributed by atoms with Crippen molar-refractivity contribution in [3.05, 3.63) is 23.5 Å². The summed E-state index contributed by atoms with van der Waals surface area (Å²) >= 11 is 0. The van der Waals surface area contributed by atoms with Gasteiger partial charge >= 0.3 is 16.4 Å². The average Bonchev–Trinajstić information content (AvgIpc) is 3.08. The van der Waals surface area contributed by atoms with E-state index in [0.29, 0.717) is 36.1 Å². The van der Waals surface area contributed by atoms with Gasteiger partial charge in [-0.15, -0.1) is 0 Å². The monoisotopic (exact) mass is 509 g/mol. The minimum Gasteiger partial charge on any atom is -0.480 e. The summed E-state index contributed by atoms with van der Waals surface area (Å²) in [7, 11) is -4.57. The average molecular weight is 510 g/mol. The first-order valence-electron chi connectivity index (χ1n) is 12.8. The van der Waals surface area contributed by atoms with Crippen LogP contribution in [0.25, 0.3) is 0 Å². The molecule has 0 radical (unpaired) electrons. The molecule has 2 N–H and O–H groups in total. The molecular formula is C26H39NO7S. The van der Waals surface area contributed by atoms with Crippen molar-refractivity contribution in [3.63, 3.8) is 0 Å². The van der Waals surface area contributed by atoms with Crippen molar-refractivity contribution in [3.8, 4) is 0 Å². The number of rotatable bonds is 7. The fourth-order valence-corrected chi connectivity index (χ4v) is 8.52. The number of hydrogen-bond donors (Lipinski definition) is 2. The fraction of sp³-hybridized carbons (Fsp3) is 0.769. The summed E-state index contributed by atoms with van der Waals surface area (Å²) < 4.78 is 36.5. The molecule has 0 unspecified atom stereocenters. The molecule has 4 aliphatic rings. The molecule has 0 aromatic carbocycles. The van der Waals surface area contributed by atoms with Gasteiger partial charge in [0.15, 0.2) is 0 Å². The predicted molar refractivity (Wildman–Crippen MR) is 130 cm³/mol. The molecule has 196 valence electrons. The Labute approximate surface area is 208 Å². The maximum Gasteiger partial charge on any atom is 0.445 e. The van der Waals surface area contributed by atoms with Crippen LogP contribution in [0.5, 0.6) is 0 Å². The van der Waals surface area contributed by atoms with E-state index in [1.54, 1.807) is 6.08 Å². The minimum atomic E-state index is -4.57. The zero-order valence-electron chi connectivity index (χ0n) is 21.0. The molecule has 1 amide bonds. The van der Waals surface area contributed by atoms with Crippen LogP contribution in [0.1, 0.15) is 78.6 Å². The van der Waals surface area contributed by atoms with Crippen LogP contribution >= 0.6 is 0 Å². The molecule has 3 fully saturated rings. The third-order valence-corrected chi connectivity index (χ3v) is 9.96. The summed E-state index contributed by atoms with van der Waals surface area (Å²) in [6, 6.07) is 0. The lowest BCUT2D eigenvalue weighted by molar-refractivity contribution is -0.141. The summed E-state index contributed by atoms with van der Waals surface area (Å²) in [6.07, 6.45) is 11.8. The number of allylic oxidation sites excluding steroid dienone is 1. The van der Waals surface area contributed by atoms with Crippen molar-refractivity contribution >= 4 is 22.3 Å². The van der Waals surface area contributed by atoms with E-state index < -0.39 is 16.4 Å². The highest BCUT2D eigenvalue weighted by atomic mass is 32.3. The zero-order chi connectivity index (χ0) is 25.6. The van der Waals surface area contributed by atoms with E-state index in [1.165, 1.54) is 30.4 Å². The molecule has 1 heterocycles. The second-order valence-corrected chi connectivity index (χ2v) is 13.1. The van der Waals surface area contributed by atoms with Crippen molar-refractivity contribution in [2.24, 2.45) is 34.5 Å². The number of carboxylic acid groups (broad SMARTS) is 1. The van der Waals surface area contributed by atoms with Gasteiger partial charge < -0.3 is 14.2 Å². The van der Waals surface area contributed by atoms with E-state index >= 15 is 0 Å². The lowest BCUT2D eigenvalue weighted by atomic mass is 9.43. The molecule has 4 rings (SSSR count). The Balaban J connectivity index is 1.56. The van der Waals surface area contributed by atoms with Gasteiger partial charge in [0, 0.05) is 12.6 Å². The number of aliphatic carboxylic acids is 1. The van der Waals surface area contributed by atoms with Crippen LogP contribution in [-0.2, 0) is 24.2 Å². The summed E-state index contributed by atoms with van der Waals surface area (Å²) in [6.45, 7) is 7.30. The zero-order valence-corrected chi connectivity index (χ0v) is 21.8. The van der Waals surface area contributed by atoms with Crippen molar-refractivity contribution in [2.45, 2.75) is 78.6 Å². The third kappa shape index (κ3) is 5.45. The van der Waals surface area contributed by atoms with E-state index in [1.807, 2.05) is 0 Å². The van der Waals surface area contributed by atoms with Crippen molar-refractivity contribution < 1.29 is 31.8 Å². The predicted octanol–water partition coefficient (Wildman–Crippen LogP) is 4.59. The molecule has 0 aromatic heterocycles. The molecule has 0 bridgehead atoms. The first-order chi connectivity index (χ1) is 16.3. The Morgan fingerprint density at radius 3 is 2.66 bits per heavy atom. The molecule has 5 atom stereocenters. The minimum absolute atomic E-state index is 0.0999. The highest BCUT2D eigenvalue weighted by molar-refractivity contribution is 7.81. The molecular weight excluding hydrogens is 470 g/mol. The van der Waals surface area contributed by atoms with Crippen LogP contribution in [0, 0.1) is 34.5 Å². The summed E-state index contributed by atoms with van der Waals surface area (Å²) in [5, 5.41) is 9.05. The standard InChI is InChI=1S/C26H39NO7S/c1-25(2)11-4-12-26(3)21-9-6-18(16-34-35(31,32)33)19(20(21)8-10-22(25)26)7-5-17-13-23(28)27(14-17)15-24(29)30/h13,16,19-22H,4-12,14-15H2,1-3H3,(H,29,30)(H,31,32,33)/b18-16-/t19-,20-,21-,22-,26+/m0/s1. The van der Waals surface area contributed by atoms with Crippen molar-refractivity contribution in [1.29, 1.82) is 0 Å². The molecule has 3 saturated carbocycles. The second kappa shape index (κ2) is 9.54. The summed E-state index contributed by atoms with van der Waals surface area (Å²) in [5.41, 5.74) is 2.39. The molecule has 0 saturated heterocycles. The smallest absolute Gasteiger partial charge is 0.445 e. The Morgan fingerprint density at radius 2 is 1.97 bits per heavy atom. The van der Waals surface area contributed by atoms with Crippen LogP contribution in [0.2, 0.25) is 0 Å². The summed E-state index contributed by atoms with van der Waals surface area (Å²) in [5.74, 6) is 0.398. The topological polar surface area (TPSA) is 121 Å². The number of carbonyl (C=O) groups excluding carboxylic acids is 1. The van der Waals surface area contributed by atoms with E-state index in [0.717, 1.165) is 43.3 Å². The van der Waals surface area contributed by atoms with Gasteiger partial charge in [0.05, 0.1) is 0 Å². The molecule has 0 aromatic rings. The highest BCUT2D eigenvalue weighted by Crippen LogP contribution is 2.65. The number of amides is 1. The van der Waals surface area contributed by atoms with Crippen LogP contribution < -0.4 is 0 Å². The largest absolute Gasteiger partial charge is 0.480 e. The molecule has 3 aliphatic carbocycles. The molecule has 9 heteroatoms. The number of hydrogen-bond acceptors (Lipinski definition) is 5. The Hall–Kier alpha value is -1.87. The number of nitrogens with zero attached hydrogens (tertiary/aromatic N) is 1. The molecule has 1 aliphatic heterocycles. The van der Waals surface area contributed by atoms with Gasteiger partial charge in [-0.05, 0) is 97.0 Å². The van der Waals surface area contributed by atoms with Crippen LogP contribution in [0.15, 0.2) is 23.5 Å². The Bertz CT molecular complexity index is 1030. The maximum atomic E-state index is 12.2. The Kier molecular flexibility index (Phi) is 7.14. The van der Waals surface area contributed by atoms with Crippen LogP contribution in [0.3, 0.4) is 0 Å². The van der Waals surface area contributed by atoms with E-state index in [-0.39, 0.29) is 23.8 Å². The second-order valence-electron chi connectivity index (χ2n) is 12.0. The van der Waals surface area contributed by atoms with Gasteiger partial charge in [-0.2, -0.15) is 8.42 Å². The van der Waals surface area contributed by atoms with Gasteiger partial charge in [-0.1, -0.05) is 27.2 Å². The Morgan fingerprint density at radius 1 is 1.23 bits per heavy atom. The van der Waals surface area contributed by atoms with Gasteiger partial charge in [-0.3, -0.25) is 14.1 Å². The third-order valence-electron chi connectivity index (χ3n) is 9.62. The van der Waals surface area contributed by atoms with E-state index in [2.05, 4.69) is 20.8 Å². The van der Waals surface area contributed by atoms with Crippen LogP contribution in [-0.4, -0.2) is 47.9 Å². The lowest BCUT2D eigenvalue weighted by Gasteiger charge is -2.62. The van der Waals surface area contributed by atoms with Gasteiger partial charge in [0.25, 0.3) is 0 Å². The van der Waals surface area contributed by atoms with Crippen LogP contribution in [0.4, 0.5) is 0 Å². The first kappa shape index (κ1) is 26.2. The lowest BCUT2D eigenvalue weighted by Crippen LogP contribution is -2.54. The fourth-order valence-electron chi connectivity index (χ4n) is 8.28. The van der Waals surface area contributed by atoms with E-state index in [9.17, 15) is 18.0 Å². The van der Waals surface area contributed by atoms with Gasteiger partial charge in [0.2, 0.25) is 5.91 Å². The normalized spacial score (nSPS) is 35.9. The first-order valence-corrected chi connectivity index (χ1v) is 14.2.